The molecule has 2 rings (SSSR count). The van der Waals surface area contributed by atoms with Gasteiger partial charge in [0.25, 0.3) is 0 Å². The van der Waals surface area contributed by atoms with E-state index in [9.17, 15) is 5.11 Å². The van der Waals surface area contributed by atoms with Gasteiger partial charge in [0, 0.05) is 17.0 Å². The van der Waals surface area contributed by atoms with Gasteiger partial charge in [-0.25, -0.2) is 0 Å². The standard InChI is InChI=1S/C15H22ClNO/c1-11-5-4-8-15(9-11,10-17)14(18)12-6-2-3-7-13(12)16/h2-3,6-7,11,14,18H,4-5,8-10,17H2,1H3. The molecule has 0 aromatic heterocycles. The lowest BCUT2D eigenvalue weighted by atomic mass is 9.65. The Balaban J connectivity index is 2.30. The summed E-state index contributed by atoms with van der Waals surface area (Å²) < 4.78 is 0. The molecule has 100 valence electrons. The summed E-state index contributed by atoms with van der Waals surface area (Å²) in [5, 5.41) is 11.4. The fourth-order valence-electron chi connectivity index (χ4n) is 3.27. The summed E-state index contributed by atoms with van der Waals surface area (Å²) in [5.74, 6) is 0.624. The third-order valence-corrected chi connectivity index (χ3v) is 4.66. The monoisotopic (exact) mass is 267 g/mol. The van der Waals surface area contributed by atoms with Crippen LogP contribution in [0.25, 0.3) is 0 Å². The van der Waals surface area contributed by atoms with E-state index in [1.807, 2.05) is 24.3 Å². The van der Waals surface area contributed by atoms with E-state index < -0.39 is 6.10 Å². The van der Waals surface area contributed by atoms with Gasteiger partial charge < -0.3 is 10.8 Å². The number of rotatable bonds is 3. The maximum absolute atomic E-state index is 10.7. The van der Waals surface area contributed by atoms with Crippen molar-refractivity contribution in [2.75, 3.05) is 6.54 Å². The fourth-order valence-corrected chi connectivity index (χ4v) is 3.51. The second kappa shape index (κ2) is 5.60. The van der Waals surface area contributed by atoms with Crippen LogP contribution >= 0.6 is 11.6 Å². The van der Waals surface area contributed by atoms with Crippen molar-refractivity contribution in [2.24, 2.45) is 17.1 Å². The highest BCUT2D eigenvalue weighted by Crippen LogP contribution is 2.48. The molecule has 0 radical (unpaired) electrons. The molecule has 18 heavy (non-hydrogen) atoms. The Morgan fingerprint density at radius 3 is 2.83 bits per heavy atom. The highest BCUT2D eigenvalue weighted by molar-refractivity contribution is 6.31. The van der Waals surface area contributed by atoms with Crippen LogP contribution in [-0.2, 0) is 0 Å². The van der Waals surface area contributed by atoms with E-state index >= 15 is 0 Å². The first kappa shape index (κ1) is 13.9. The average Bonchev–Trinajstić information content (AvgIpc) is 2.38. The van der Waals surface area contributed by atoms with E-state index in [1.54, 1.807) is 0 Å². The van der Waals surface area contributed by atoms with Crippen molar-refractivity contribution in [3.8, 4) is 0 Å². The lowest BCUT2D eigenvalue weighted by molar-refractivity contribution is -0.0130. The first-order valence-corrected chi connectivity index (χ1v) is 7.09. The number of halogens is 1. The summed E-state index contributed by atoms with van der Waals surface area (Å²) in [4.78, 5) is 0. The SMILES string of the molecule is CC1CCCC(CN)(C(O)c2ccccc2Cl)C1. The number of hydrogen-bond acceptors (Lipinski definition) is 2. The molecule has 1 aliphatic rings. The van der Waals surface area contributed by atoms with E-state index in [1.165, 1.54) is 6.42 Å². The van der Waals surface area contributed by atoms with Gasteiger partial charge in [-0.05, 0) is 30.4 Å². The highest BCUT2D eigenvalue weighted by atomic mass is 35.5. The molecule has 3 atom stereocenters. The van der Waals surface area contributed by atoms with Crippen LogP contribution < -0.4 is 5.73 Å². The minimum absolute atomic E-state index is 0.206. The minimum atomic E-state index is -0.557. The van der Waals surface area contributed by atoms with E-state index in [-0.39, 0.29) is 5.41 Å². The Hall–Kier alpha value is -0.570. The first-order valence-electron chi connectivity index (χ1n) is 6.71. The molecule has 0 aliphatic heterocycles. The lowest BCUT2D eigenvalue weighted by Crippen LogP contribution is -2.40. The highest BCUT2D eigenvalue weighted by Gasteiger charge is 2.41. The van der Waals surface area contributed by atoms with Crippen molar-refractivity contribution < 1.29 is 5.11 Å². The predicted octanol–water partition coefficient (Wildman–Crippen LogP) is 3.53. The normalized spacial score (nSPS) is 30.1. The molecule has 3 unspecified atom stereocenters. The number of aliphatic hydroxyl groups is 1. The molecule has 1 aromatic carbocycles. The van der Waals surface area contributed by atoms with Crippen LogP contribution in [0.15, 0.2) is 24.3 Å². The summed E-state index contributed by atoms with van der Waals surface area (Å²) >= 11 is 6.19. The van der Waals surface area contributed by atoms with Gasteiger partial charge in [-0.15, -0.1) is 0 Å². The van der Waals surface area contributed by atoms with Gasteiger partial charge in [0.05, 0.1) is 6.10 Å². The minimum Gasteiger partial charge on any atom is -0.388 e. The molecule has 1 aliphatic carbocycles. The van der Waals surface area contributed by atoms with Crippen LogP contribution in [0.2, 0.25) is 5.02 Å². The van der Waals surface area contributed by atoms with Crippen molar-refractivity contribution in [1.29, 1.82) is 0 Å². The number of benzene rings is 1. The third kappa shape index (κ3) is 2.56. The van der Waals surface area contributed by atoms with Crippen LogP contribution in [0.3, 0.4) is 0 Å². The van der Waals surface area contributed by atoms with Crippen LogP contribution in [-0.4, -0.2) is 11.7 Å². The van der Waals surface area contributed by atoms with Crippen molar-refractivity contribution in [3.63, 3.8) is 0 Å². The van der Waals surface area contributed by atoms with E-state index in [4.69, 9.17) is 17.3 Å². The molecule has 0 heterocycles. The van der Waals surface area contributed by atoms with Crippen LogP contribution in [0.1, 0.15) is 44.3 Å². The van der Waals surface area contributed by atoms with E-state index in [0.29, 0.717) is 17.5 Å². The van der Waals surface area contributed by atoms with Crippen molar-refractivity contribution in [2.45, 2.75) is 38.7 Å². The molecule has 3 heteroatoms. The Kier molecular flexibility index (Phi) is 4.31. The molecule has 0 amide bonds. The smallest absolute Gasteiger partial charge is 0.0872 e. The molecule has 1 fully saturated rings. The van der Waals surface area contributed by atoms with Gasteiger partial charge in [0.2, 0.25) is 0 Å². The topological polar surface area (TPSA) is 46.2 Å². The van der Waals surface area contributed by atoms with Crippen molar-refractivity contribution in [1.82, 2.24) is 0 Å². The van der Waals surface area contributed by atoms with Gasteiger partial charge in [0.1, 0.15) is 0 Å². The van der Waals surface area contributed by atoms with Crippen LogP contribution in [0.4, 0.5) is 0 Å². The van der Waals surface area contributed by atoms with E-state index in [0.717, 1.165) is 24.8 Å². The molecule has 0 spiro atoms. The molecule has 1 aromatic rings. The lowest BCUT2D eigenvalue weighted by Gasteiger charge is -2.43. The number of aliphatic hydroxyl groups excluding tert-OH is 1. The Bertz CT molecular complexity index is 409. The Morgan fingerprint density at radius 2 is 2.22 bits per heavy atom. The summed E-state index contributed by atoms with van der Waals surface area (Å²) in [7, 11) is 0. The summed E-state index contributed by atoms with van der Waals surface area (Å²) in [6.45, 7) is 2.76. The van der Waals surface area contributed by atoms with Gasteiger partial charge in [-0.1, -0.05) is 49.6 Å². The van der Waals surface area contributed by atoms with Crippen LogP contribution in [0, 0.1) is 11.3 Å². The third-order valence-electron chi connectivity index (χ3n) is 4.31. The Morgan fingerprint density at radius 1 is 1.50 bits per heavy atom. The maximum atomic E-state index is 10.7. The summed E-state index contributed by atoms with van der Waals surface area (Å²) in [6, 6.07) is 7.54. The zero-order valence-corrected chi connectivity index (χ0v) is 11.7. The quantitative estimate of drug-likeness (QED) is 0.880. The Labute approximate surface area is 114 Å². The molecule has 0 bridgehead atoms. The largest absolute Gasteiger partial charge is 0.388 e. The van der Waals surface area contributed by atoms with Gasteiger partial charge in [-0.2, -0.15) is 0 Å². The van der Waals surface area contributed by atoms with Crippen LogP contribution in [0.5, 0.6) is 0 Å². The van der Waals surface area contributed by atoms with E-state index in [2.05, 4.69) is 6.92 Å². The maximum Gasteiger partial charge on any atom is 0.0872 e. The van der Waals surface area contributed by atoms with Crippen molar-refractivity contribution >= 4 is 11.6 Å². The molecular formula is C15H22ClNO. The molecular weight excluding hydrogens is 246 g/mol. The zero-order valence-electron chi connectivity index (χ0n) is 10.9. The summed E-state index contributed by atoms with van der Waals surface area (Å²) in [5.41, 5.74) is 6.60. The van der Waals surface area contributed by atoms with Crippen molar-refractivity contribution in [3.05, 3.63) is 34.9 Å². The second-order valence-corrected chi connectivity index (χ2v) is 6.10. The summed E-state index contributed by atoms with van der Waals surface area (Å²) in [6.07, 6.45) is 3.78. The molecule has 0 saturated heterocycles. The average molecular weight is 268 g/mol. The van der Waals surface area contributed by atoms with Gasteiger partial charge in [0.15, 0.2) is 0 Å². The predicted molar refractivity (Wildman–Crippen MR) is 75.5 cm³/mol. The number of nitrogens with two attached hydrogens (primary N) is 1. The molecule has 3 N–H and O–H groups in total. The van der Waals surface area contributed by atoms with Gasteiger partial charge in [-0.3, -0.25) is 0 Å². The first-order chi connectivity index (χ1) is 8.59. The fraction of sp³-hybridized carbons (Fsp3) is 0.600. The van der Waals surface area contributed by atoms with Gasteiger partial charge >= 0.3 is 0 Å². The second-order valence-electron chi connectivity index (χ2n) is 5.69. The number of hydrogen-bond donors (Lipinski definition) is 2. The zero-order chi connectivity index (χ0) is 13.2. The molecule has 1 saturated carbocycles. The molecule has 2 nitrogen and oxygen atoms in total.